The number of nitrogen functional groups attached to an aromatic ring is 1. The first-order valence-corrected chi connectivity index (χ1v) is 6.40. The van der Waals surface area contributed by atoms with Crippen LogP contribution in [0.4, 0.5) is 23.4 Å². The van der Waals surface area contributed by atoms with Crippen molar-refractivity contribution >= 4 is 16.6 Å². The lowest BCUT2D eigenvalue weighted by Gasteiger charge is -2.12. The molecule has 0 aliphatic heterocycles. The fourth-order valence-electron chi connectivity index (χ4n) is 2.30. The van der Waals surface area contributed by atoms with E-state index in [1.54, 1.807) is 24.3 Å². The van der Waals surface area contributed by atoms with Crippen LogP contribution in [0.3, 0.4) is 0 Å². The molecule has 1 heterocycles. The summed E-state index contributed by atoms with van der Waals surface area (Å²) in [5.41, 5.74) is 3.85. The average Bonchev–Trinajstić information content (AvgIpc) is 2.48. The summed E-state index contributed by atoms with van der Waals surface area (Å²) in [6.07, 6.45) is -4.77. The van der Waals surface area contributed by atoms with E-state index in [0.29, 0.717) is 22.9 Å². The van der Waals surface area contributed by atoms with Crippen molar-refractivity contribution in [2.24, 2.45) is 0 Å². The van der Waals surface area contributed by atoms with Crippen LogP contribution in [0.15, 0.2) is 36.4 Å². The van der Waals surface area contributed by atoms with Gasteiger partial charge in [0.1, 0.15) is 17.3 Å². The number of hydrogen-bond acceptors (Lipinski definition) is 4. The third kappa shape index (κ3) is 2.52. The third-order valence-corrected chi connectivity index (χ3v) is 3.35. The van der Waals surface area contributed by atoms with Gasteiger partial charge >= 0.3 is 6.18 Å². The number of nitrogens with zero attached hydrogens (tertiary/aromatic N) is 2. The predicted octanol–water partition coefficient (Wildman–Crippen LogP) is 3.74. The van der Waals surface area contributed by atoms with Gasteiger partial charge in [-0.2, -0.15) is 13.2 Å². The molecule has 1 aromatic heterocycles. The van der Waals surface area contributed by atoms with Crippen LogP contribution in [0.5, 0.6) is 5.75 Å². The van der Waals surface area contributed by atoms with E-state index < -0.39 is 28.9 Å². The molecule has 0 fully saturated rings. The van der Waals surface area contributed by atoms with E-state index in [0.717, 1.165) is 0 Å². The summed E-state index contributed by atoms with van der Waals surface area (Å²) in [5.74, 6) is -2.03. The van der Waals surface area contributed by atoms with Crippen molar-refractivity contribution in [2.75, 3.05) is 5.73 Å². The van der Waals surface area contributed by atoms with E-state index in [1.165, 1.54) is 0 Å². The van der Waals surface area contributed by atoms with Crippen molar-refractivity contribution in [3.05, 3.63) is 47.8 Å². The molecule has 3 aromatic rings. The topological polar surface area (TPSA) is 72.0 Å². The number of fused-ring (bicyclic) bond motifs is 1. The molecule has 4 nitrogen and oxygen atoms in total. The molecule has 0 amide bonds. The summed E-state index contributed by atoms with van der Waals surface area (Å²) in [7, 11) is 0. The first-order chi connectivity index (χ1) is 10.8. The molecule has 0 saturated carbocycles. The van der Waals surface area contributed by atoms with Crippen molar-refractivity contribution in [3.63, 3.8) is 0 Å². The number of aromatic hydroxyl groups is 1. The second-order valence-corrected chi connectivity index (χ2v) is 4.83. The molecule has 0 radical (unpaired) electrons. The summed E-state index contributed by atoms with van der Waals surface area (Å²) in [5, 5.41) is 18.1. The Morgan fingerprint density at radius 2 is 1.65 bits per heavy atom. The van der Waals surface area contributed by atoms with Crippen molar-refractivity contribution in [2.45, 2.75) is 6.18 Å². The van der Waals surface area contributed by atoms with Crippen molar-refractivity contribution < 1.29 is 22.7 Å². The SMILES string of the molecule is Nc1nnc(-c2c(O)cc(C(F)(F)F)cc2F)c2ccccc12. The minimum Gasteiger partial charge on any atom is -0.507 e. The Balaban J connectivity index is 2.30. The first kappa shape index (κ1) is 15.0. The lowest BCUT2D eigenvalue weighted by atomic mass is 10.0. The van der Waals surface area contributed by atoms with Gasteiger partial charge in [-0.1, -0.05) is 24.3 Å². The molecule has 3 N–H and O–H groups in total. The van der Waals surface area contributed by atoms with Crippen molar-refractivity contribution in [1.29, 1.82) is 0 Å². The molecule has 0 aliphatic carbocycles. The maximum absolute atomic E-state index is 14.2. The van der Waals surface area contributed by atoms with Gasteiger partial charge in [-0.15, -0.1) is 10.2 Å². The second kappa shape index (κ2) is 5.08. The lowest BCUT2D eigenvalue weighted by Crippen LogP contribution is -2.06. The molecule has 8 heteroatoms. The van der Waals surface area contributed by atoms with Gasteiger partial charge in [0.2, 0.25) is 0 Å². The number of halogens is 4. The van der Waals surface area contributed by atoms with Crippen LogP contribution in [-0.2, 0) is 6.18 Å². The fraction of sp³-hybridized carbons (Fsp3) is 0.0667. The molecule has 0 aliphatic rings. The van der Waals surface area contributed by atoms with Crippen LogP contribution in [0.2, 0.25) is 0 Å². The van der Waals surface area contributed by atoms with E-state index in [9.17, 15) is 22.7 Å². The number of hydrogen-bond donors (Lipinski definition) is 2. The normalized spacial score (nSPS) is 11.8. The van der Waals surface area contributed by atoms with Crippen LogP contribution in [-0.4, -0.2) is 15.3 Å². The molecule has 118 valence electrons. The van der Waals surface area contributed by atoms with Crippen LogP contribution in [0.1, 0.15) is 5.56 Å². The van der Waals surface area contributed by atoms with Crippen LogP contribution in [0.25, 0.3) is 22.0 Å². The number of nitrogens with two attached hydrogens (primary N) is 1. The van der Waals surface area contributed by atoms with E-state index in [-0.39, 0.29) is 11.5 Å². The maximum Gasteiger partial charge on any atom is 0.416 e. The summed E-state index contributed by atoms with van der Waals surface area (Å²) < 4.78 is 52.2. The van der Waals surface area contributed by atoms with Gasteiger partial charge in [0.15, 0.2) is 5.82 Å². The molecule has 0 atom stereocenters. The van der Waals surface area contributed by atoms with Crippen molar-refractivity contribution in [1.82, 2.24) is 10.2 Å². The zero-order chi connectivity index (χ0) is 16.8. The van der Waals surface area contributed by atoms with Gasteiger partial charge in [-0.3, -0.25) is 0 Å². The molecule has 0 bridgehead atoms. The first-order valence-electron chi connectivity index (χ1n) is 6.40. The predicted molar refractivity (Wildman–Crippen MR) is 76.0 cm³/mol. The molecule has 0 saturated heterocycles. The van der Waals surface area contributed by atoms with Crippen molar-refractivity contribution in [3.8, 4) is 17.0 Å². The highest BCUT2D eigenvalue weighted by molar-refractivity contribution is 6.00. The largest absolute Gasteiger partial charge is 0.507 e. The number of benzene rings is 2. The van der Waals surface area contributed by atoms with E-state index in [4.69, 9.17) is 5.73 Å². The zero-order valence-electron chi connectivity index (χ0n) is 11.4. The molecule has 3 rings (SSSR count). The highest BCUT2D eigenvalue weighted by atomic mass is 19.4. The maximum atomic E-state index is 14.2. The monoisotopic (exact) mass is 323 g/mol. The quantitative estimate of drug-likeness (QED) is 0.669. The molecule has 23 heavy (non-hydrogen) atoms. The molecule has 0 spiro atoms. The smallest absolute Gasteiger partial charge is 0.416 e. The fourth-order valence-corrected chi connectivity index (χ4v) is 2.30. The molecular weight excluding hydrogens is 314 g/mol. The van der Waals surface area contributed by atoms with Gasteiger partial charge in [0, 0.05) is 10.8 Å². The van der Waals surface area contributed by atoms with E-state index in [2.05, 4.69) is 10.2 Å². The Hall–Kier alpha value is -2.90. The summed E-state index contributed by atoms with van der Waals surface area (Å²) >= 11 is 0. The van der Waals surface area contributed by atoms with Gasteiger partial charge in [0.25, 0.3) is 0 Å². The summed E-state index contributed by atoms with van der Waals surface area (Å²) in [6.45, 7) is 0. The Kier molecular flexibility index (Phi) is 3.32. The van der Waals surface area contributed by atoms with Gasteiger partial charge in [-0.25, -0.2) is 4.39 Å². The zero-order valence-corrected chi connectivity index (χ0v) is 11.4. The molecule has 2 aromatic carbocycles. The Morgan fingerprint density at radius 1 is 1.00 bits per heavy atom. The third-order valence-electron chi connectivity index (χ3n) is 3.35. The minimum absolute atomic E-state index is 0.0847. The Bertz CT molecular complexity index is 886. The highest BCUT2D eigenvalue weighted by Gasteiger charge is 2.33. The van der Waals surface area contributed by atoms with E-state index >= 15 is 0 Å². The average molecular weight is 323 g/mol. The van der Waals surface area contributed by atoms with Gasteiger partial charge in [0.05, 0.1) is 11.1 Å². The lowest BCUT2D eigenvalue weighted by molar-refractivity contribution is -0.137. The second-order valence-electron chi connectivity index (χ2n) is 4.83. The minimum atomic E-state index is -4.77. The van der Waals surface area contributed by atoms with E-state index in [1.807, 2.05) is 0 Å². The summed E-state index contributed by atoms with van der Waals surface area (Å²) in [6, 6.07) is 7.24. The van der Waals surface area contributed by atoms with Crippen LogP contribution >= 0.6 is 0 Å². The van der Waals surface area contributed by atoms with Crippen LogP contribution in [0, 0.1) is 5.82 Å². The molecule has 0 unspecified atom stereocenters. The van der Waals surface area contributed by atoms with Gasteiger partial charge in [-0.05, 0) is 12.1 Å². The number of phenolic OH excluding ortho intramolecular Hbond substituents is 1. The highest BCUT2D eigenvalue weighted by Crippen LogP contribution is 2.40. The number of anilines is 1. The summed E-state index contributed by atoms with van der Waals surface area (Å²) in [4.78, 5) is 0. The van der Waals surface area contributed by atoms with Gasteiger partial charge < -0.3 is 10.8 Å². The number of aromatic nitrogens is 2. The van der Waals surface area contributed by atoms with Crippen LogP contribution < -0.4 is 5.73 Å². The Morgan fingerprint density at radius 3 is 2.26 bits per heavy atom. The number of rotatable bonds is 1. The molecular formula is C15H9F4N3O. The standard InChI is InChI=1S/C15H9F4N3O/c16-10-5-7(15(17,18)19)6-11(23)12(10)13-8-3-1-2-4-9(8)14(20)22-21-13/h1-6,23H,(H2,20,22). The number of alkyl halides is 3. The Labute approximate surface area is 127 Å². The number of phenols is 1.